The standard InChI is InChI=1S/C24H27Cl2N7O3S/c1-10(2)28-24(35)36-18-12-4-3-11(7-12)15(18)29-16-14(25)8-27-21-17(16)30-22(32-21)19-20(26)31-23(37-19)33-6-5-13(34)9-33/h3-4,8,10-13,15,18,34H,5-7,9H2,1-2H3,(H,28,35)(H2,27,29,30,32)/t11-,12+,13+,15+,18-/m0/s1. The van der Waals surface area contributed by atoms with Gasteiger partial charge in [-0.3, -0.25) is 0 Å². The van der Waals surface area contributed by atoms with E-state index in [2.05, 4.69) is 42.7 Å². The first-order valence-electron chi connectivity index (χ1n) is 12.3. The predicted octanol–water partition coefficient (Wildman–Crippen LogP) is 4.45. The molecule has 13 heteroatoms. The number of anilines is 2. The monoisotopic (exact) mass is 563 g/mol. The number of aromatic nitrogens is 4. The van der Waals surface area contributed by atoms with Crippen LogP contribution in [-0.4, -0.2) is 68.5 Å². The quantitative estimate of drug-likeness (QED) is 0.324. The highest BCUT2D eigenvalue weighted by atomic mass is 35.5. The molecule has 2 aliphatic carbocycles. The van der Waals surface area contributed by atoms with E-state index >= 15 is 0 Å². The summed E-state index contributed by atoms with van der Waals surface area (Å²) in [7, 11) is 0. The molecule has 0 radical (unpaired) electrons. The first-order chi connectivity index (χ1) is 17.8. The van der Waals surface area contributed by atoms with E-state index in [0.717, 1.165) is 18.1 Å². The lowest BCUT2D eigenvalue weighted by molar-refractivity contribution is 0.0759. The van der Waals surface area contributed by atoms with E-state index in [1.165, 1.54) is 11.3 Å². The maximum Gasteiger partial charge on any atom is 0.407 e. The van der Waals surface area contributed by atoms with Crippen molar-refractivity contribution in [1.82, 2.24) is 25.3 Å². The predicted molar refractivity (Wildman–Crippen MR) is 145 cm³/mol. The Morgan fingerprint density at radius 3 is 2.86 bits per heavy atom. The summed E-state index contributed by atoms with van der Waals surface area (Å²) < 4.78 is 5.85. The number of amides is 1. The number of alkyl carbamates (subject to hydrolysis) is 1. The number of aromatic amines is 1. The maximum absolute atomic E-state index is 12.4. The number of aliphatic hydroxyl groups excluding tert-OH is 1. The van der Waals surface area contributed by atoms with Gasteiger partial charge in [0, 0.05) is 31.0 Å². The van der Waals surface area contributed by atoms with E-state index in [-0.39, 0.29) is 36.1 Å². The molecule has 3 aromatic rings. The number of nitrogens with zero attached hydrogens (tertiary/aromatic N) is 4. The van der Waals surface area contributed by atoms with Crippen LogP contribution in [0.15, 0.2) is 18.3 Å². The molecule has 4 N–H and O–H groups in total. The molecular weight excluding hydrogens is 537 g/mol. The van der Waals surface area contributed by atoms with E-state index in [0.29, 0.717) is 50.7 Å². The Morgan fingerprint density at radius 1 is 1.30 bits per heavy atom. The zero-order chi connectivity index (χ0) is 25.8. The molecule has 6 rings (SSSR count). The first kappa shape index (κ1) is 24.7. The van der Waals surface area contributed by atoms with Crippen molar-refractivity contribution in [3.05, 3.63) is 28.5 Å². The zero-order valence-corrected chi connectivity index (χ0v) is 22.6. The van der Waals surface area contributed by atoms with Gasteiger partial charge in [-0.2, -0.15) is 0 Å². The SMILES string of the molecule is CC(C)NC(=O)O[C@@H]1[C@H](Nc2c(Cl)cnc3nc(-c4sc(N5CC[C@@H](O)C5)nc4Cl)[nH]c23)[C@H]2C=C[C@@H]1C2. The average molecular weight is 564 g/mol. The number of thiazole rings is 1. The second kappa shape index (κ2) is 9.61. The molecule has 1 aliphatic heterocycles. The lowest BCUT2D eigenvalue weighted by atomic mass is 9.98. The Labute approximate surface area is 227 Å². The van der Waals surface area contributed by atoms with Gasteiger partial charge in [0.25, 0.3) is 0 Å². The smallest absolute Gasteiger partial charge is 0.407 e. The summed E-state index contributed by atoms with van der Waals surface area (Å²) in [5.74, 6) is 0.892. The number of aliphatic hydroxyl groups is 1. The third-order valence-corrected chi connectivity index (χ3v) is 8.84. The largest absolute Gasteiger partial charge is 0.443 e. The number of hydrogen-bond acceptors (Lipinski definition) is 9. The molecule has 4 heterocycles. The number of hydrogen-bond donors (Lipinski definition) is 4. The Kier molecular flexibility index (Phi) is 6.42. The normalized spacial score (nSPS) is 26.5. The van der Waals surface area contributed by atoms with E-state index < -0.39 is 6.09 Å². The van der Waals surface area contributed by atoms with Gasteiger partial charge >= 0.3 is 6.09 Å². The molecule has 1 saturated heterocycles. The fourth-order valence-corrected chi connectivity index (χ4v) is 6.83. The lowest BCUT2D eigenvalue weighted by Crippen LogP contribution is -2.43. The molecule has 0 aromatic carbocycles. The van der Waals surface area contributed by atoms with Gasteiger partial charge in [0.15, 0.2) is 21.8 Å². The van der Waals surface area contributed by atoms with Crippen LogP contribution in [0.1, 0.15) is 26.7 Å². The van der Waals surface area contributed by atoms with Crippen LogP contribution in [0.4, 0.5) is 15.6 Å². The van der Waals surface area contributed by atoms with E-state index in [1.807, 2.05) is 18.7 Å². The number of rotatable bonds is 6. The summed E-state index contributed by atoms with van der Waals surface area (Å²) >= 11 is 14.5. The van der Waals surface area contributed by atoms with Gasteiger partial charge in [0.1, 0.15) is 16.5 Å². The van der Waals surface area contributed by atoms with Crippen LogP contribution in [-0.2, 0) is 4.74 Å². The van der Waals surface area contributed by atoms with Gasteiger partial charge in [-0.1, -0.05) is 46.7 Å². The molecule has 196 valence electrons. The molecule has 1 saturated carbocycles. The summed E-state index contributed by atoms with van der Waals surface area (Å²) in [6.45, 7) is 5.05. The van der Waals surface area contributed by atoms with E-state index in [9.17, 15) is 9.90 Å². The topological polar surface area (TPSA) is 128 Å². The Hall–Kier alpha value is -2.60. The zero-order valence-electron chi connectivity index (χ0n) is 20.2. The van der Waals surface area contributed by atoms with E-state index in [1.54, 1.807) is 6.20 Å². The van der Waals surface area contributed by atoms with Gasteiger partial charge in [-0.25, -0.2) is 19.7 Å². The van der Waals surface area contributed by atoms with Crippen molar-refractivity contribution in [1.29, 1.82) is 0 Å². The lowest BCUT2D eigenvalue weighted by Gasteiger charge is -2.30. The number of fused-ring (bicyclic) bond motifs is 3. The third-order valence-electron chi connectivity index (χ3n) is 7.04. The Morgan fingerprint density at radius 2 is 2.11 bits per heavy atom. The van der Waals surface area contributed by atoms with Gasteiger partial charge in [-0.15, -0.1) is 0 Å². The molecule has 2 bridgehead atoms. The van der Waals surface area contributed by atoms with Crippen LogP contribution < -0.4 is 15.5 Å². The molecule has 0 unspecified atom stereocenters. The fraction of sp³-hybridized carbons (Fsp3) is 0.500. The van der Waals surface area contributed by atoms with E-state index in [4.69, 9.17) is 27.9 Å². The number of halogens is 2. The second-order valence-corrected chi connectivity index (χ2v) is 11.8. The van der Waals surface area contributed by atoms with Crippen molar-refractivity contribution < 1.29 is 14.6 Å². The molecule has 1 amide bonds. The minimum atomic E-state index is -0.427. The van der Waals surface area contributed by atoms with Crippen molar-refractivity contribution in [3.63, 3.8) is 0 Å². The maximum atomic E-state index is 12.4. The van der Waals surface area contributed by atoms with Crippen molar-refractivity contribution in [2.75, 3.05) is 23.3 Å². The number of ether oxygens (including phenoxy) is 1. The van der Waals surface area contributed by atoms with Gasteiger partial charge < -0.3 is 30.4 Å². The van der Waals surface area contributed by atoms with Gasteiger partial charge in [-0.05, 0) is 26.7 Å². The molecular formula is C24H27Cl2N7O3S. The average Bonchev–Trinajstić information content (AvgIpc) is 3.65. The number of nitrogens with one attached hydrogen (secondary N) is 3. The highest BCUT2D eigenvalue weighted by Gasteiger charge is 2.47. The molecule has 2 fully saturated rings. The molecule has 0 spiro atoms. The third kappa shape index (κ3) is 4.62. The highest BCUT2D eigenvalue weighted by Crippen LogP contribution is 2.44. The first-order valence-corrected chi connectivity index (χ1v) is 13.9. The molecule has 3 aliphatic rings. The van der Waals surface area contributed by atoms with Crippen molar-refractivity contribution in [3.8, 4) is 10.7 Å². The van der Waals surface area contributed by atoms with Gasteiger partial charge in [0.05, 0.1) is 29.1 Å². The highest BCUT2D eigenvalue weighted by molar-refractivity contribution is 7.19. The number of pyridine rings is 1. The molecule has 37 heavy (non-hydrogen) atoms. The fourth-order valence-electron chi connectivity index (χ4n) is 5.36. The van der Waals surface area contributed by atoms with Gasteiger partial charge in [0.2, 0.25) is 0 Å². The summed E-state index contributed by atoms with van der Waals surface area (Å²) in [6.07, 6.45) is 6.35. The minimum Gasteiger partial charge on any atom is -0.443 e. The number of carbonyl (C=O) groups is 1. The summed E-state index contributed by atoms with van der Waals surface area (Å²) in [5, 5.41) is 17.8. The summed E-state index contributed by atoms with van der Waals surface area (Å²) in [6, 6.07) is -0.164. The molecule has 10 nitrogen and oxygen atoms in total. The molecule has 3 aromatic heterocycles. The molecule has 5 atom stereocenters. The van der Waals surface area contributed by atoms with Crippen LogP contribution in [0, 0.1) is 11.8 Å². The van der Waals surface area contributed by atoms with Crippen molar-refractivity contribution >= 4 is 62.6 Å². The summed E-state index contributed by atoms with van der Waals surface area (Å²) in [4.78, 5) is 32.0. The van der Waals surface area contributed by atoms with Crippen LogP contribution in [0.5, 0.6) is 0 Å². The number of carbonyl (C=O) groups excluding carboxylic acids is 1. The Bertz CT molecular complexity index is 1380. The second-order valence-electron chi connectivity index (χ2n) is 10.1. The van der Waals surface area contributed by atoms with Crippen LogP contribution in [0.3, 0.4) is 0 Å². The van der Waals surface area contributed by atoms with Crippen molar-refractivity contribution in [2.24, 2.45) is 11.8 Å². The minimum absolute atomic E-state index is 0.0136. The van der Waals surface area contributed by atoms with Crippen LogP contribution in [0.2, 0.25) is 10.2 Å². The van der Waals surface area contributed by atoms with Crippen LogP contribution >= 0.6 is 34.5 Å². The number of imidazole rings is 1. The van der Waals surface area contributed by atoms with Crippen LogP contribution in [0.25, 0.3) is 21.9 Å². The number of H-pyrrole nitrogens is 1. The Balaban J connectivity index is 1.30. The summed E-state index contributed by atoms with van der Waals surface area (Å²) in [5.41, 5.74) is 1.78. The number of β-amino-alcohol motifs (C(OH)–C–C–N with tert-alkyl or cyclic N) is 1. The van der Waals surface area contributed by atoms with Crippen molar-refractivity contribution in [2.45, 2.75) is 51.0 Å².